The Balaban J connectivity index is 1.74. The van der Waals surface area contributed by atoms with Crippen molar-refractivity contribution in [1.29, 1.82) is 0 Å². The number of hydrogen-bond acceptors (Lipinski definition) is 4. The highest BCUT2D eigenvalue weighted by atomic mass is 35.5. The molecule has 0 spiro atoms. The Morgan fingerprint density at radius 2 is 1.58 bits per heavy atom. The molecule has 5 aromatic rings. The molecular weight excluding hydrogens is 494 g/mol. The molecule has 0 aliphatic rings. The molecule has 1 unspecified atom stereocenters. The molecule has 0 amide bonds. The van der Waals surface area contributed by atoms with Crippen molar-refractivity contribution in [3.05, 3.63) is 112 Å². The van der Waals surface area contributed by atoms with Gasteiger partial charge in [0.1, 0.15) is 5.82 Å². The van der Waals surface area contributed by atoms with Crippen molar-refractivity contribution in [3.63, 3.8) is 0 Å². The summed E-state index contributed by atoms with van der Waals surface area (Å²) in [6, 6.07) is 25.8. The van der Waals surface area contributed by atoms with Gasteiger partial charge in [0.05, 0.1) is 27.5 Å². The van der Waals surface area contributed by atoms with E-state index in [9.17, 15) is 13.2 Å². The van der Waals surface area contributed by atoms with Crippen molar-refractivity contribution < 1.29 is 8.42 Å². The molecule has 0 N–H and O–H groups in total. The van der Waals surface area contributed by atoms with Crippen molar-refractivity contribution in [2.75, 3.05) is 6.54 Å². The van der Waals surface area contributed by atoms with Gasteiger partial charge in [0.2, 0.25) is 10.0 Å². The molecule has 0 saturated heterocycles. The molecule has 0 aliphatic heterocycles. The molecule has 0 radical (unpaired) electrons. The second-order valence-corrected chi connectivity index (χ2v) is 10.8. The maximum absolute atomic E-state index is 14.0. The molecule has 6 nitrogen and oxygen atoms in total. The zero-order valence-corrected chi connectivity index (χ0v) is 21.4. The number of sulfonamides is 1. The summed E-state index contributed by atoms with van der Waals surface area (Å²) in [7, 11) is -3.95. The molecule has 182 valence electrons. The average molecular weight is 518 g/mol. The molecule has 8 heteroatoms. The van der Waals surface area contributed by atoms with Crippen LogP contribution in [0.1, 0.15) is 25.7 Å². The summed E-state index contributed by atoms with van der Waals surface area (Å²) in [5.41, 5.74) is 0.732. The second kappa shape index (κ2) is 9.50. The topological polar surface area (TPSA) is 72.3 Å². The third-order valence-electron chi connectivity index (χ3n) is 6.32. The first-order chi connectivity index (χ1) is 17.3. The first kappa shape index (κ1) is 24.2. The molecule has 4 aromatic carbocycles. The van der Waals surface area contributed by atoms with Crippen LogP contribution in [0.15, 0.2) is 101 Å². The van der Waals surface area contributed by atoms with Gasteiger partial charge in [-0.25, -0.2) is 13.4 Å². The number of hydrogen-bond donors (Lipinski definition) is 0. The van der Waals surface area contributed by atoms with Gasteiger partial charge in [0.25, 0.3) is 5.56 Å². The lowest BCUT2D eigenvalue weighted by Gasteiger charge is -2.29. The van der Waals surface area contributed by atoms with E-state index in [1.807, 2.05) is 24.3 Å². The van der Waals surface area contributed by atoms with Crippen LogP contribution in [-0.4, -0.2) is 28.8 Å². The fourth-order valence-electron chi connectivity index (χ4n) is 4.62. The number of para-hydroxylation sites is 1. The lowest BCUT2D eigenvalue weighted by molar-refractivity contribution is 0.341. The number of nitrogens with zero attached hydrogens (tertiary/aromatic N) is 3. The van der Waals surface area contributed by atoms with Crippen LogP contribution in [0.4, 0.5) is 0 Å². The Bertz CT molecular complexity index is 1760. The van der Waals surface area contributed by atoms with Crippen molar-refractivity contribution in [1.82, 2.24) is 13.9 Å². The predicted octanol–water partition coefficient (Wildman–Crippen LogP) is 5.96. The van der Waals surface area contributed by atoms with E-state index in [1.165, 1.54) is 8.87 Å². The van der Waals surface area contributed by atoms with Crippen molar-refractivity contribution in [2.24, 2.45) is 0 Å². The van der Waals surface area contributed by atoms with E-state index < -0.39 is 16.1 Å². The highest BCUT2D eigenvalue weighted by molar-refractivity contribution is 7.89. The molecule has 5 rings (SSSR count). The van der Waals surface area contributed by atoms with Gasteiger partial charge in [0.15, 0.2) is 0 Å². The largest absolute Gasteiger partial charge is 0.268 e. The highest BCUT2D eigenvalue weighted by Crippen LogP contribution is 2.32. The minimum absolute atomic E-state index is 0.185. The van der Waals surface area contributed by atoms with Crippen LogP contribution in [0.5, 0.6) is 0 Å². The fourth-order valence-corrected chi connectivity index (χ4v) is 6.62. The Hall–Kier alpha value is -3.52. The lowest BCUT2D eigenvalue weighted by atomic mass is 10.1. The monoisotopic (exact) mass is 517 g/mol. The standard InChI is InChI=1S/C28H24ClN3O3S/c1-3-31(36(34,35)26-17-8-11-20-10-4-5-14-23(20)26)19(2)27-30-25-16-7-6-15-24(25)28(33)32(27)22-13-9-12-21(29)18-22/h4-19H,3H2,1-2H3. The summed E-state index contributed by atoms with van der Waals surface area (Å²) in [6.45, 7) is 3.72. The highest BCUT2D eigenvalue weighted by Gasteiger charge is 2.33. The summed E-state index contributed by atoms with van der Waals surface area (Å²) >= 11 is 6.25. The van der Waals surface area contributed by atoms with Gasteiger partial charge >= 0.3 is 0 Å². The Kier molecular flexibility index (Phi) is 6.38. The Labute approximate surface area is 214 Å². The third kappa shape index (κ3) is 4.09. The van der Waals surface area contributed by atoms with Gasteiger partial charge in [-0.05, 0) is 48.7 Å². The van der Waals surface area contributed by atoms with Gasteiger partial charge in [-0.2, -0.15) is 4.31 Å². The maximum Gasteiger partial charge on any atom is 0.266 e. The quantitative estimate of drug-likeness (QED) is 0.278. The van der Waals surface area contributed by atoms with E-state index in [4.69, 9.17) is 16.6 Å². The van der Waals surface area contributed by atoms with Crippen LogP contribution in [0, 0.1) is 0 Å². The van der Waals surface area contributed by atoms with E-state index in [1.54, 1.807) is 80.6 Å². The predicted molar refractivity (Wildman–Crippen MR) is 144 cm³/mol. The summed E-state index contributed by atoms with van der Waals surface area (Å²) in [6.07, 6.45) is 0. The normalized spacial score (nSPS) is 12.9. The van der Waals surface area contributed by atoms with Crippen LogP contribution >= 0.6 is 11.6 Å². The summed E-state index contributed by atoms with van der Waals surface area (Å²) in [5, 5.41) is 2.38. The van der Waals surface area contributed by atoms with Gasteiger partial charge in [-0.1, -0.05) is 73.1 Å². The maximum atomic E-state index is 14.0. The van der Waals surface area contributed by atoms with Crippen molar-refractivity contribution >= 4 is 43.3 Å². The first-order valence-corrected chi connectivity index (χ1v) is 13.4. The zero-order valence-electron chi connectivity index (χ0n) is 19.8. The number of rotatable bonds is 6. The third-order valence-corrected chi connectivity index (χ3v) is 8.66. The van der Waals surface area contributed by atoms with Crippen molar-refractivity contribution in [2.45, 2.75) is 24.8 Å². The summed E-state index contributed by atoms with van der Waals surface area (Å²) in [4.78, 5) is 18.7. The van der Waals surface area contributed by atoms with E-state index in [2.05, 4.69) is 0 Å². The smallest absolute Gasteiger partial charge is 0.266 e. The Morgan fingerprint density at radius 1 is 0.917 bits per heavy atom. The molecule has 1 aromatic heterocycles. The lowest BCUT2D eigenvalue weighted by Crippen LogP contribution is -2.37. The molecule has 1 heterocycles. The summed E-state index contributed by atoms with van der Waals surface area (Å²) < 4.78 is 30.9. The molecule has 0 saturated carbocycles. The van der Waals surface area contributed by atoms with Crippen LogP contribution in [0.3, 0.4) is 0 Å². The van der Waals surface area contributed by atoms with Gasteiger partial charge in [0, 0.05) is 17.0 Å². The molecule has 0 bridgehead atoms. The minimum atomic E-state index is -3.95. The van der Waals surface area contributed by atoms with Crippen LogP contribution in [-0.2, 0) is 10.0 Å². The average Bonchev–Trinajstić information content (AvgIpc) is 2.88. The summed E-state index contributed by atoms with van der Waals surface area (Å²) in [5.74, 6) is 0.312. The molecular formula is C28H24ClN3O3S. The van der Waals surface area contributed by atoms with Gasteiger partial charge in [-0.15, -0.1) is 0 Å². The SMILES string of the molecule is CCN(C(C)c1nc2ccccc2c(=O)n1-c1cccc(Cl)c1)S(=O)(=O)c1cccc2ccccc12. The number of aromatic nitrogens is 2. The fraction of sp³-hybridized carbons (Fsp3) is 0.143. The molecule has 36 heavy (non-hydrogen) atoms. The van der Waals surface area contributed by atoms with E-state index in [-0.39, 0.29) is 17.0 Å². The van der Waals surface area contributed by atoms with Gasteiger partial charge in [-0.3, -0.25) is 9.36 Å². The second-order valence-electron chi connectivity index (χ2n) is 8.47. The van der Waals surface area contributed by atoms with Crippen LogP contribution in [0.25, 0.3) is 27.4 Å². The number of benzene rings is 4. The minimum Gasteiger partial charge on any atom is -0.268 e. The zero-order chi connectivity index (χ0) is 25.4. The number of fused-ring (bicyclic) bond motifs is 2. The molecule has 0 aliphatic carbocycles. The van der Waals surface area contributed by atoms with Crippen LogP contribution < -0.4 is 5.56 Å². The van der Waals surface area contributed by atoms with E-state index >= 15 is 0 Å². The molecule has 0 fully saturated rings. The number of halogens is 1. The molecule has 1 atom stereocenters. The van der Waals surface area contributed by atoms with E-state index in [0.717, 1.165) is 5.39 Å². The van der Waals surface area contributed by atoms with Gasteiger partial charge < -0.3 is 0 Å². The first-order valence-electron chi connectivity index (χ1n) is 11.6. The van der Waals surface area contributed by atoms with Crippen molar-refractivity contribution in [3.8, 4) is 5.69 Å². The Morgan fingerprint density at radius 3 is 2.33 bits per heavy atom. The van der Waals surface area contributed by atoms with Crippen LogP contribution in [0.2, 0.25) is 5.02 Å². The van der Waals surface area contributed by atoms with E-state index in [0.29, 0.717) is 32.8 Å².